The zero-order chi connectivity index (χ0) is 25.1. The number of carbonyl (C=O) groups excluding carboxylic acids is 2. The van der Waals surface area contributed by atoms with Crippen molar-refractivity contribution in [2.24, 2.45) is 0 Å². The van der Waals surface area contributed by atoms with Gasteiger partial charge in [-0.15, -0.1) is 0 Å². The van der Waals surface area contributed by atoms with Gasteiger partial charge in [-0.1, -0.05) is 47.5 Å². The van der Waals surface area contributed by atoms with Gasteiger partial charge in [-0.2, -0.15) is 0 Å². The fourth-order valence-electron chi connectivity index (χ4n) is 4.08. The van der Waals surface area contributed by atoms with Gasteiger partial charge in [0.15, 0.2) is 0 Å². The van der Waals surface area contributed by atoms with Gasteiger partial charge in [0.2, 0.25) is 0 Å². The van der Waals surface area contributed by atoms with Crippen molar-refractivity contribution in [3.05, 3.63) is 112 Å². The Morgan fingerprint density at radius 3 is 2.26 bits per heavy atom. The van der Waals surface area contributed by atoms with Crippen LogP contribution in [0.5, 0.6) is 0 Å². The number of carbonyl (C=O) groups is 2. The summed E-state index contributed by atoms with van der Waals surface area (Å²) >= 11 is 0. The van der Waals surface area contributed by atoms with Gasteiger partial charge in [0.05, 0.1) is 5.69 Å². The van der Waals surface area contributed by atoms with Gasteiger partial charge in [-0.3, -0.25) is 9.59 Å². The Hall–Kier alpha value is -4.06. The second-order valence-corrected chi connectivity index (χ2v) is 8.66. The molecule has 4 nitrogen and oxygen atoms in total. The molecule has 3 aromatic carbocycles. The van der Waals surface area contributed by atoms with E-state index in [1.54, 1.807) is 17.9 Å². The predicted molar refractivity (Wildman–Crippen MR) is 135 cm³/mol. The van der Waals surface area contributed by atoms with Gasteiger partial charge < -0.3 is 10.2 Å². The maximum atomic E-state index is 14.0. The van der Waals surface area contributed by atoms with Gasteiger partial charge in [-0.25, -0.2) is 8.78 Å². The molecule has 178 valence electrons. The second-order valence-electron chi connectivity index (χ2n) is 8.66. The Morgan fingerprint density at radius 2 is 1.57 bits per heavy atom. The minimum atomic E-state index is -0.841. The number of halogens is 2. The van der Waals surface area contributed by atoms with Crippen molar-refractivity contribution >= 4 is 28.8 Å². The lowest BCUT2D eigenvalue weighted by Crippen LogP contribution is -2.32. The normalized spacial score (nSPS) is 13.9. The highest BCUT2D eigenvalue weighted by molar-refractivity contribution is 6.09. The van der Waals surface area contributed by atoms with Crippen LogP contribution in [0.1, 0.15) is 41.8 Å². The summed E-state index contributed by atoms with van der Waals surface area (Å²) in [5.74, 6) is -2.39. The number of hydrogen-bond acceptors (Lipinski definition) is 2. The van der Waals surface area contributed by atoms with E-state index in [9.17, 15) is 18.4 Å². The van der Waals surface area contributed by atoms with Gasteiger partial charge in [0.25, 0.3) is 11.8 Å². The number of hydrogen-bond donors (Lipinski definition) is 1. The maximum absolute atomic E-state index is 14.0. The van der Waals surface area contributed by atoms with E-state index < -0.39 is 23.2 Å². The smallest absolute Gasteiger partial charge is 0.258 e. The first-order chi connectivity index (χ1) is 16.8. The van der Waals surface area contributed by atoms with Gasteiger partial charge >= 0.3 is 0 Å². The lowest BCUT2D eigenvalue weighted by molar-refractivity contribution is -0.112. The third kappa shape index (κ3) is 5.06. The van der Waals surface area contributed by atoms with Crippen LogP contribution in [0.3, 0.4) is 0 Å². The average molecular weight is 473 g/mol. The average Bonchev–Trinajstić information content (AvgIpc) is 2.98. The zero-order valence-corrected chi connectivity index (χ0v) is 19.9. The summed E-state index contributed by atoms with van der Waals surface area (Å²) in [6.45, 7) is 6.01. The summed E-state index contributed by atoms with van der Waals surface area (Å²) in [5.41, 5.74) is 4.85. The second kappa shape index (κ2) is 10.1. The summed E-state index contributed by atoms with van der Waals surface area (Å²) in [6, 6.07) is 18.4. The number of para-hydroxylation sites is 2. The Bertz CT molecular complexity index is 1340. The molecule has 0 saturated carbocycles. The van der Waals surface area contributed by atoms with E-state index in [0.29, 0.717) is 18.5 Å². The standard InChI is InChI=1S/C29H26F2N2O2/c1-18-11-13-21(14-12-18)29(35)33-16-15-19(2)23(22-7-4-5-10-26(22)33)17-20(3)28(34)32-27-24(30)8-6-9-25(27)31/h4-14,17H,15-16H2,1-3H3,(H,32,34)/b20-17+. The highest BCUT2D eigenvalue weighted by Gasteiger charge is 2.25. The number of nitrogens with one attached hydrogen (secondary N) is 1. The van der Waals surface area contributed by atoms with E-state index >= 15 is 0 Å². The van der Waals surface area contributed by atoms with E-state index in [2.05, 4.69) is 5.32 Å². The number of aryl methyl sites for hydroxylation is 1. The Morgan fingerprint density at radius 1 is 0.914 bits per heavy atom. The van der Waals surface area contributed by atoms with Crippen LogP contribution in [0, 0.1) is 18.6 Å². The SMILES string of the molecule is CC1=C(/C=C(\C)C(=O)Nc2c(F)cccc2F)c2ccccc2N(C(=O)c2ccc(C)cc2)CC1. The van der Waals surface area contributed by atoms with Crippen molar-refractivity contribution in [3.8, 4) is 0 Å². The molecule has 0 atom stereocenters. The van der Waals surface area contributed by atoms with Crippen molar-refractivity contribution in [2.75, 3.05) is 16.8 Å². The van der Waals surface area contributed by atoms with Gasteiger partial charge in [0.1, 0.15) is 17.3 Å². The number of nitrogens with zero attached hydrogens (tertiary/aromatic N) is 1. The number of rotatable bonds is 4. The first kappa shape index (κ1) is 24.1. The first-order valence-corrected chi connectivity index (χ1v) is 11.4. The van der Waals surface area contributed by atoms with E-state index in [0.717, 1.165) is 40.1 Å². The van der Waals surface area contributed by atoms with Crippen LogP contribution >= 0.6 is 0 Å². The molecular weight excluding hydrogens is 446 g/mol. The van der Waals surface area contributed by atoms with Crippen LogP contribution in [0.4, 0.5) is 20.2 Å². The van der Waals surface area contributed by atoms with Crippen molar-refractivity contribution < 1.29 is 18.4 Å². The molecular formula is C29H26F2N2O2. The summed E-state index contributed by atoms with van der Waals surface area (Å²) in [5, 5.41) is 2.33. The molecule has 1 aliphatic heterocycles. The highest BCUT2D eigenvalue weighted by Crippen LogP contribution is 2.36. The van der Waals surface area contributed by atoms with Crippen molar-refractivity contribution in [1.82, 2.24) is 0 Å². The molecule has 0 unspecified atom stereocenters. The Labute approximate surface area is 203 Å². The van der Waals surface area contributed by atoms with Crippen molar-refractivity contribution in [2.45, 2.75) is 27.2 Å². The lowest BCUT2D eigenvalue weighted by atomic mass is 9.96. The fourth-order valence-corrected chi connectivity index (χ4v) is 4.08. The molecule has 3 aromatic rings. The monoisotopic (exact) mass is 472 g/mol. The summed E-state index contributed by atoms with van der Waals surface area (Å²) in [6.07, 6.45) is 2.32. The van der Waals surface area contributed by atoms with Gasteiger partial charge in [0, 0.05) is 23.2 Å². The quantitative estimate of drug-likeness (QED) is 0.431. The van der Waals surface area contributed by atoms with Crippen molar-refractivity contribution in [1.29, 1.82) is 0 Å². The molecule has 0 saturated heterocycles. The molecule has 2 amide bonds. The van der Waals surface area contributed by atoms with E-state index in [1.807, 2.05) is 62.4 Å². The number of amides is 2. The minimum Gasteiger partial charge on any atom is -0.317 e. The van der Waals surface area contributed by atoms with Crippen LogP contribution in [0.15, 0.2) is 84.0 Å². The van der Waals surface area contributed by atoms with Crippen LogP contribution in [0.2, 0.25) is 0 Å². The third-order valence-corrected chi connectivity index (χ3v) is 6.12. The predicted octanol–water partition coefficient (Wildman–Crippen LogP) is 6.68. The lowest BCUT2D eigenvalue weighted by Gasteiger charge is -2.23. The van der Waals surface area contributed by atoms with E-state index in [4.69, 9.17) is 0 Å². The molecule has 1 heterocycles. The first-order valence-electron chi connectivity index (χ1n) is 11.4. The molecule has 35 heavy (non-hydrogen) atoms. The molecule has 0 bridgehead atoms. The number of fused-ring (bicyclic) bond motifs is 1. The minimum absolute atomic E-state index is 0.0972. The molecule has 1 aliphatic rings. The van der Waals surface area contributed by atoms with E-state index in [1.165, 1.54) is 6.07 Å². The molecule has 0 fully saturated rings. The fraction of sp³-hybridized carbons (Fsp3) is 0.172. The number of benzene rings is 3. The largest absolute Gasteiger partial charge is 0.317 e. The van der Waals surface area contributed by atoms with Crippen LogP contribution in [0.25, 0.3) is 5.57 Å². The van der Waals surface area contributed by atoms with Gasteiger partial charge in [-0.05, 0) is 69.2 Å². The Kier molecular flexibility index (Phi) is 6.92. The molecule has 4 rings (SSSR count). The van der Waals surface area contributed by atoms with Crippen LogP contribution < -0.4 is 10.2 Å². The number of allylic oxidation sites excluding steroid dienone is 2. The molecule has 0 radical (unpaired) electrons. The molecule has 6 heteroatoms. The molecule has 0 aromatic heterocycles. The van der Waals surface area contributed by atoms with E-state index in [-0.39, 0.29) is 11.5 Å². The summed E-state index contributed by atoms with van der Waals surface area (Å²) < 4.78 is 28.0. The summed E-state index contributed by atoms with van der Waals surface area (Å²) in [7, 11) is 0. The zero-order valence-electron chi connectivity index (χ0n) is 19.9. The summed E-state index contributed by atoms with van der Waals surface area (Å²) in [4.78, 5) is 27.9. The molecule has 0 spiro atoms. The maximum Gasteiger partial charge on any atom is 0.258 e. The highest BCUT2D eigenvalue weighted by atomic mass is 19.1. The Balaban J connectivity index is 1.68. The third-order valence-electron chi connectivity index (χ3n) is 6.12. The van der Waals surface area contributed by atoms with Crippen molar-refractivity contribution in [3.63, 3.8) is 0 Å². The molecule has 0 aliphatic carbocycles. The topological polar surface area (TPSA) is 49.4 Å². The van der Waals surface area contributed by atoms with Crippen LogP contribution in [-0.2, 0) is 4.79 Å². The van der Waals surface area contributed by atoms with Crippen LogP contribution in [-0.4, -0.2) is 18.4 Å². The number of anilines is 2. The molecule has 1 N–H and O–H groups in total.